The minimum Gasteiger partial charge on any atom is -0.370 e. The van der Waals surface area contributed by atoms with E-state index in [1.165, 1.54) is 0 Å². The molecule has 1 saturated heterocycles. The number of hydrogen-bond acceptors (Lipinski definition) is 7. The fraction of sp³-hybridized carbons (Fsp3) is 0.333. The fourth-order valence-corrected chi connectivity index (χ4v) is 6.09. The van der Waals surface area contributed by atoms with Crippen LogP contribution >= 0.6 is 0 Å². The van der Waals surface area contributed by atoms with Crippen LogP contribution in [0, 0.1) is 0 Å². The number of ketones is 1. The highest BCUT2D eigenvalue weighted by Crippen LogP contribution is 2.20. The number of hydrogen-bond donors (Lipinski definition) is 8. The number of benzene rings is 3. The fourth-order valence-electron chi connectivity index (χ4n) is 6.09. The average molecular weight is 682 g/mol. The number of amides is 4. The number of primary amides is 1. The lowest BCUT2D eigenvalue weighted by Gasteiger charge is -2.26. The van der Waals surface area contributed by atoms with E-state index in [1.807, 2.05) is 66.7 Å². The van der Waals surface area contributed by atoms with Gasteiger partial charge < -0.3 is 38.1 Å². The first-order valence-electron chi connectivity index (χ1n) is 16.6. The number of guanidine groups is 1. The van der Waals surface area contributed by atoms with E-state index in [0.29, 0.717) is 6.42 Å². The molecule has 262 valence electrons. The van der Waals surface area contributed by atoms with Crippen molar-refractivity contribution in [3.63, 3.8) is 0 Å². The predicted octanol–water partition coefficient (Wildman–Crippen LogP) is 0.421. The van der Waals surface area contributed by atoms with Crippen molar-refractivity contribution in [2.24, 2.45) is 22.2 Å². The van der Waals surface area contributed by atoms with Gasteiger partial charge in [-0.15, -0.1) is 0 Å². The van der Waals surface area contributed by atoms with Gasteiger partial charge in [0.25, 0.3) is 0 Å². The van der Waals surface area contributed by atoms with E-state index >= 15 is 0 Å². The van der Waals surface area contributed by atoms with Crippen molar-refractivity contribution in [2.75, 3.05) is 13.1 Å². The predicted molar refractivity (Wildman–Crippen MR) is 191 cm³/mol. The molecule has 1 fully saturated rings. The van der Waals surface area contributed by atoms with Gasteiger partial charge in [0.1, 0.15) is 23.9 Å². The van der Waals surface area contributed by atoms with Crippen molar-refractivity contribution in [3.05, 3.63) is 84.1 Å². The number of carbonyl (C=O) groups is 5. The van der Waals surface area contributed by atoms with Gasteiger partial charge in [0.05, 0.1) is 12.6 Å². The van der Waals surface area contributed by atoms with Gasteiger partial charge in [0.15, 0.2) is 5.96 Å². The second kappa shape index (κ2) is 16.6. The maximum absolute atomic E-state index is 14.0. The van der Waals surface area contributed by atoms with E-state index in [-0.39, 0.29) is 56.9 Å². The lowest BCUT2D eigenvalue weighted by Crippen LogP contribution is -2.58. The van der Waals surface area contributed by atoms with Gasteiger partial charge >= 0.3 is 0 Å². The lowest BCUT2D eigenvalue weighted by molar-refractivity contribution is -0.133. The highest BCUT2D eigenvalue weighted by molar-refractivity contribution is 5.96. The molecule has 4 atom stereocenters. The molecular formula is C36H43N9O5. The summed E-state index contributed by atoms with van der Waals surface area (Å²) >= 11 is 0. The molecule has 0 bridgehead atoms. The molecule has 1 aliphatic heterocycles. The van der Waals surface area contributed by atoms with Gasteiger partial charge in [-0.1, -0.05) is 60.7 Å². The number of carbonyl (C=O) groups excluding carboxylic acids is 5. The normalized spacial score (nSPS) is 21.0. The highest BCUT2D eigenvalue weighted by atomic mass is 16.2. The number of aromatic nitrogens is 1. The summed E-state index contributed by atoms with van der Waals surface area (Å²) in [6.07, 6.45) is 2.37. The van der Waals surface area contributed by atoms with Crippen LogP contribution in [0.2, 0.25) is 0 Å². The topological polar surface area (TPSA) is 240 Å². The van der Waals surface area contributed by atoms with Crippen LogP contribution in [0.15, 0.2) is 77.9 Å². The first kappa shape index (κ1) is 35.5. The quantitative estimate of drug-likeness (QED) is 0.0698. The summed E-state index contributed by atoms with van der Waals surface area (Å²) in [7, 11) is 0. The van der Waals surface area contributed by atoms with Crippen LogP contribution in [0.1, 0.15) is 36.8 Å². The van der Waals surface area contributed by atoms with Crippen molar-refractivity contribution < 1.29 is 24.0 Å². The Bertz CT molecular complexity index is 1900. The highest BCUT2D eigenvalue weighted by Gasteiger charge is 2.32. The van der Waals surface area contributed by atoms with E-state index in [4.69, 9.17) is 17.2 Å². The molecule has 11 N–H and O–H groups in total. The summed E-state index contributed by atoms with van der Waals surface area (Å²) in [5.74, 6) is -2.99. The number of nitrogens with one attached hydrogen (secondary N) is 5. The Balaban J connectivity index is 1.46. The zero-order valence-corrected chi connectivity index (χ0v) is 27.6. The SMILES string of the molecule is NC(=O)[C@H]1CCC(=O)CN[C@H](Cc2ccc3ccccc3c2)C(=O)N[C@@H](CCCN=C(N)N)C(=O)N[C@H](Cc2c[nH]c3ccccc23)C(=O)N1. The van der Waals surface area contributed by atoms with Crippen LogP contribution in [-0.2, 0) is 36.8 Å². The smallest absolute Gasteiger partial charge is 0.243 e. The molecule has 0 saturated carbocycles. The molecule has 1 aliphatic rings. The number of nitrogens with two attached hydrogens (primary N) is 3. The van der Waals surface area contributed by atoms with Crippen LogP contribution in [0.4, 0.5) is 0 Å². The monoisotopic (exact) mass is 681 g/mol. The first-order chi connectivity index (χ1) is 24.1. The molecule has 4 amide bonds. The van der Waals surface area contributed by atoms with Crippen LogP contribution in [-0.4, -0.2) is 77.6 Å². The lowest BCUT2D eigenvalue weighted by atomic mass is 10.00. The van der Waals surface area contributed by atoms with Gasteiger partial charge in [-0.2, -0.15) is 0 Å². The molecule has 50 heavy (non-hydrogen) atoms. The van der Waals surface area contributed by atoms with E-state index in [0.717, 1.165) is 32.8 Å². The Morgan fingerprint density at radius 3 is 2.26 bits per heavy atom. The Morgan fingerprint density at radius 1 is 0.780 bits per heavy atom. The molecule has 0 unspecified atom stereocenters. The number of aliphatic imine (C=N–C) groups is 1. The van der Waals surface area contributed by atoms with E-state index in [2.05, 4.69) is 31.2 Å². The Morgan fingerprint density at radius 2 is 1.48 bits per heavy atom. The van der Waals surface area contributed by atoms with E-state index < -0.39 is 47.8 Å². The summed E-state index contributed by atoms with van der Waals surface area (Å²) in [6.45, 7) is 0.0183. The molecule has 2 heterocycles. The molecule has 1 aromatic heterocycles. The van der Waals surface area contributed by atoms with Gasteiger partial charge in [0.2, 0.25) is 23.6 Å². The Labute approximate surface area is 289 Å². The van der Waals surface area contributed by atoms with Crippen molar-refractivity contribution in [3.8, 4) is 0 Å². The summed E-state index contributed by atoms with van der Waals surface area (Å²) in [5, 5.41) is 14.2. The number of Topliss-reactive ketones (excluding diaryl/α,β-unsaturated/α-hetero) is 1. The third-order valence-electron chi connectivity index (χ3n) is 8.80. The van der Waals surface area contributed by atoms with Crippen molar-refractivity contribution in [1.29, 1.82) is 0 Å². The Hall–Kier alpha value is -5.76. The maximum Gasteiger partial charge on any atom is 0.243 e. The van der Waals surface area contributed by atoms with Crippen molar-refractivity contribution in [1.82, 2.24) is 26.3 Å². The van der Waals surface area contributed by atoms with E-state index in [9.17, 15) is 24.0 Å². The summed E-state index contributed by atoms with van der Waals surface area (Å²) < 4.78 is 0. The second-order valence-corrected chi connectivity index (χ2v) is 12.5. The number of aromatic amines is 1. The molecular weight excluding hydrogens is 638 g/mol. The molecule has 4 aromatic rings. The Kier molecular flexibility index (Phi) is 11.8. The number of fused-ring (bicyclic) bond motifs is 2. The van der Waals surface area contributed by atoms with Crippen LogP contribution < -0.4 is 38.5 Å². The molecule has 0 spiro atoms. The molecule has 14 heteroatoms. The number of rotatable bonds is 9. The largest absolute Gasteiger partial charge is 0.370 e. The first-order valence-corrected chi connectivity index (χ1v) is 16.6. The van der Waals surface area contributed by atoms with E-state index in [1.54, 1.807) is 6.20 Å². The number of nitrogens with zero attached hydrogens (tertiary/aromatic N) is 1. The maximum atomic E-state index is 14.0. The minimum atomic E-state index is -1.16. The zero-order chi connectivity index (χ0) is 35.6. The third kappa shape index (κ3) is 9.44. The van der Waals surface area contributed by atoms with Crippen molar-refractivity contribution in [2.45, 2.75) is 62.7 Å². The summed E-state index contributed by atoms with van der Waals surface area (Å²) in [4.78, 5) is 74.3. The van der Waals surface area contributed by atoms with Crippen LogP contribution in [0.25, 0.3) is 21.7 Å². The summed E-state index contributed by atoms with van der Waals surface area (Å²) in [6, 6.07) is 16.9. The van der Waals surface area contributed by atoms with Gasteiger partial charge in [-0.3, -0.25) is 34.3 Å². The van der Waals surface area contributed by atoms with Crippen molar-refractivity contribution >= 4 is 57.0 Å². The minimum absolute atomic E-state index is 0.0513. The second-order valence-electron chi connectivity index (χ2n) is 12.5. The molecule has 5 rings (SSSR count). The number of para-hydroxylation sites is 1. The number of H-pyrrole nitrogens is 1. The molecule has 0 radical (unpaired) electrons. The molecule has 3 aromatic carbocycles. The molecule has 0 aliphatic carbocycles. The standard InChI is InChI=1S/C36H43N9O5/c37-32(47)28-14-13-25(46)20-42-30(17-21-11-12-22-6-1-2-7-23(22)16-21)34(49)44-29(10-5-15-40-36(38)39)33(48)45-31(35(50)43-28)18-24-19-41-27-9-4-3-8-26(24)27/h1-4,6-9,11-12,16,19,28-31,41-42H,5,10,13-15,17-18,20H2,(H2,37,47)(H,43,50)(H,44,49)(H,45,48)(H4,38,39,40)/t28-,29+,30-,31-/m1/s1. The van der Waals surface area contributed by atoms with Crippen LogP contribution in [0.5, 0.6) is 0 Å². The van der Waals surface area contributed by atoms with Gasteiger partial charge in [-0.25, -0.2) is 0 Å². The average Bonchev–Trinajstić information content (AvgIpc) is 3.51. The zero-order valence-electron chi connectivity index (χ0n) is 27.6. The third-order valence-corrected chi connectivity index (χ3v) is 8.80. The summed E-state index contributed by atoms with van der Waals surface area (Å²) in [5.41, 5.74) is 19.1. The van der Waals surface area contributed by atoms with Crippen LogP contribution in [0.3, 0.4) is 0 Å². The van der Waals surface area contributed by atoms with Gasteiger partial charge in [-0.05, 0) is 53.6 Å². The van der Waals surface area contributed by atoms with Gasteiger partial charge in [0, 0.05) is 36.5 Å². The molecule has 14 nitrogen and oxygen atoms in total.